The maximum absolute atomic E-state index is 11.5. The summed E-state index contributed by atoms with van der Waals surface area (Å²) in [5, 5.41) is 2.44. The first kappa shape index (κ1) is 16.5. The summed E-state index contributed by atoms with van der Waals surface area (Å²) in [7, 11) is 4.51. The molecule has 0 bridgehead atoms. The van der Waals surface area contributed by atoms with Gasteiger partial charge >= 0.3 is 5.97 Å². The molecule has 0 unspecified atom stereocenters. The zero-order valence-electron chi connectivity index (χ0n) is 12.2. The second kappa shape index (κ2) is 7.88. The van der Waals surface area contributed by atoms with Crippen molar-refractivity contribution in [2.75, 3.05) is 34.4 Å². The quantitative estimate of drug-likeness (QED) is 0.750. The Labute approximate surface area is 122 Å². The highest BCUT2D eigenvalue weighted by molar-refractivity contribution is 5.89. The highest BCUT2D eigenvalue weighted by Gasteiger charge is 2.08. The molecule has 1 rings (SSSR count). The Hall–Kier alpha value is -2.57. The lowest BCUT2D eigenvalue weighted by molar-refractivity contribution is -0.131. The smallest absolute Gasteiger partial charge is 0.337 e. The molecule has 21 heavy (non-hydrogen) atoms. The van der Waals surface area contributed by atoms with Gasteiger partial charge in [0.2, 0.25) is 5.91 Å². The molecule has 7 nitrogen and oxygen atoms in total. The molecule has 0 atom stereocenters. The molecule has 0 aliphatic rings. The largest absolute Gasteiger partial charge is 0.484 e. The van der Waals surface area contributed by atoms with Crippen molar-refractivity contribution >= 4 is 17.8 Å². The van der Waals surface area contributed by atoms with E-state index in [0.29, 0.717) is 11.3 Å². The van der Waals surface area contributed by atoms with E-state index < -0.39 is 11.9 Å². The summed E-state index contributed by atoms with van der Waals surface area (Å²) in [5.41, 5.74) is 0.394. The van der Waals surface area contributed by atoms with Gasteiger partial charge in [-0.15, -0.1) is 0 Å². The molecular weight excluding hydrogens is 276 g/mol. The minimum atomic E-state index is -0.443. The number of hydrogen-bond donors (Lipinski definition) is 1. The minimum Gasteiger partial charge on any atom is -0.484 e. The van der Waals surface area contributed by atoms with Crippen LogP contribution in [0.15, 0.2) is 24.3 Å². The third-order valence-electron chi connectivity index (χ3n) is 2.58. The zero-order chi connectivity index (χ0) is 15.8. The number of methoxy groups -OCH3 is 1. The predicted molar refractivity (Wildman–Crippen MR) is 75.0 cm³/mol. The van der Waals surface area contributed by atoms with Crippen LogP contribution < -0.4 is 10.1 Å². The number of ether oxygens (including phenoxy) is 2. The van der Waals surface area contributed by atoms with Crippen molar-refractivity contribution in [2.45, 2.75) is 0 Å². The van der Waals surface area contributed by atoms with E-state index in [1.807, 2.05) is 0 Å². The Kier molecular flexibility index (Phi) is 6.19. The minimum absolute atomic E-state index is 0.0729. The van der Waals surface area contributed by atoms with Crippen molar-refractivity contribution in [1.29, 1.82) is 0 Å². The summed E-state index contributed by atoms with van der Waals surface area (Å²) in [4.78, 5) is 35.4. The van der Waals surface area contributed by atoms with Gasteiger partial charge in [0.05, 0.1) is 19.2 Å². The lowest BCUT2D eigenvalue weighted by atomic mass is 10.2. The molecule has 1 aromatic rings. The van der Waals surface area contributed by atoms with Crippen LogP contribution in [-0.2, 0) is 14.3 Å². The van der Waals surface area contributed by atoms with Gasteiger partial charge in [0.1, 0.15) is 5.75 Å². The molecule has 0 saturated heterocycles. The van der Waals surface area contributed by atoms with E-state index in [9.17, 15) is 14.4 Å². The molecule has 1 N–H and O–H groups in total. The molecule has 114 valence electrons. The van der Waals surface area contributed by atoms with Crippen LogP contribution in [0.1, 0.15) is 10.4 Å². The van der Waals surface area contributed by atoms with Gasteiger partial charge in [-0.3, -0.25) is 9.59 Å². The molecular formula is C14H18N2O5. The summed E-state index contributed by atoms with van der Waals surface area (Å²) in [6.45, 7) is -0.283. The summed E-state index contributed by atoms with van der Waals surface area (Å²) in [6.07, 6.45) is 0. The number of nitrogens with one attached hydrogen (secondary N) is 1. The van der Waals surface area contributed by atoms with E-state index in [0.717, 1.165) is 0 Å². The summed E-state index contributed by atoms with van der Waals surface area (Å²) in [6, 6.07) is 6.19. The number of benzene rings is 1. The monoisotopic (exact) mass is 294 g/mol. The third-order valence-corrected chi connectivity index (χ3v) is 2.58. The summed E-state index contributed by atoms with van der Waals surface area (Å²) >= 11 is 0. The van der Waals surface area contributed by atoms with E-state index in [-0.39, 0.29) is 19.1 Å². The molecule has 1 aromatic carbocycles. The first-order valence-corrected chi connectivity index (χ1v) is 6.22. The van der Waals surface area contributed by atoms with Crippen LogP contribution in [0.25, 0.3) is 0 Å². The molecule has 0 spiro atoms. The first-order valence-electron chi connectivity index (χ1n) is 6.22. The lowest BCUT2D eigenvalue weighted by Gasteiger charge is -2.11. The first-order chi connectivity index (χ1) is 9.93. The molecule has 0 aliphatic heterocycles. The second-order valence-corrected chi connectivity index (χ2v) is 4.37. The summed E-state index contributed by atoms with van der Waals surface area (Å²) in [5.74, 6) is -0.605. The molecule has 2 amide bonds. The van der Waals surface area contributed by atoms with Crippen LogP contribution in [-0.4, -0.2) is 57.0 Å². The third kappa shape index (κ3) is 5.52. The van der Waals surface area contributed by atoms with Crippen molar-refractivity contribution in [3.05, 3.63) is 29.8 Å². The van der Waals surface area contributed by atoms with E-state index in [2.05, 4.69) is 10.1 Å². The van der Waals surface area contributed by atoms with Crippen molar-refractivity contribution < 1.29 is 23.9 Å². The zero-order valence-corrected chi connectivity index (χ0v) is 12.2. The maximum Gasteiger partial charge on any atom is 0.337 e. The van der Waals surface area contributed by atoms with E-state index >= 15 is 0 Å². The normalized spacial score (nSPS) is 9.67. The van der Waals surface area contributed by atoms with Crippen LogP contribution >= 0.6 is 0 Å². The SMILES string of the molecule is COC(=O)c1ccc(OCC(=O)NCC(=O)N(C)C)cc1. The average Bonchev–Trinajstić information content (AvgIpc) is 2.50. The predicted octanol–water partition coefficient (Wildman–Crippen LogP) is 0.0564. The Balaban J connectivity index is 2.39. The summed E-state index contributed by atoms with van der Waals surface area (Å²) < 4.78 is 9.81. The molecule has 7 heteroatoms. The molecule has 0 radical (unpaired) electrons. The fraction of sp³-hybridized carbons (Fsp3) is 0.357. The van der Waals surface area contributed by atoms with Gasteiger partial charge in [0.25, 0.3) is 5.91 Å². The Morgan fingerprint density at radius 2 is 1.76 bits per heavy atom. The highest BCUT2D eigenvalue weighted by atomic mass is 16.5. The second-order valence-electron chi connectivity index (χ2n) is 4.37. The van der Waals surface area contributed by atoms with Crippen LogP contribution in [0.3, 0.4) is 0 Å². The molecule has 0 heterocycles. The number of carbonyl (C=O) groups is 3. The van der Waals surface area contributed by atoms with Gasteiger partial charge in [0, 0.05) is 14.1 Å². The van der Waals surface area contributed by atoms with Gasteiger partial charge in [-0.1, -0.05) is 0 Å². The highest BCUT2D eigenvalue weighted by Crippen LogP contribution is 2.12. The molecule has 0 fully saturated rings. The van der Waals surface area contributed by atoms with Crippen LogP contribution in [0.5, 0.6) is 5.75 Å². The van der Waals surface area contributed by atoms with Crippen molar-refractivity contribution in [2.24, 2.45) is 0 Å². The van der Waals surface area contributed by atoms with E-state index in [1.54, 1.807) is 26.2 Å². The van der Waals surface area contributed by atoms with Gasteiger partial charge in [-0.05, 0) is 24.3 Å². The standard InChI is InChI=1S/C14H18N2O5/c1-16(2)13(18)8-15-12(17)9-21-11-6-4-10(5-7-11)14(19)20-3/h4-7H,8-9H2,1-3H3,(H,15,17). The van der Waals surface area contributed by atoms with Crippen molar-refractivity contribution in [3.8, 4) is 5.75 Å². The Morgan fingerprint density at radius 3 is 2.29 bits per heavy atom. The maximum atomic E-state index is 11.5. The lowest BCUT2D eigenvalue weighted by Crippen LogP contribution is -2.38. The molecule has 0 saturated carbocycles. The van der Waals surface area contributed by atoms with Crippen LogP contribution in [0.4, 0.5) is 0 Å². The van der Waals surface area contributed by atoms with E-state index in [1.165, 1.54) is 24.1 Å². The fourth-order valence-electron chi connectivity index (χ4n) is 1.34. The van der Waals surface area contributed by atoms with E-state index in [4.69, 9.17) is 4.74 Å². The number of amides is 2. The van der Waals surface area contributed by atoms with Gasteiger partial charge in [-0.25, -0.2) is 4.79 Å². The number of likely N-dealkylation sites (N-methyl/N-ethyl adjacent to an activating group) is 1. The number of esters is 1. The topological polar surface area (TPSA) is 84.9 Å². The fourth-order valence-corrected chi connectivity index (χ4v) is 1.34. The molecule has 0 aromatic heterocycles. The van der Waals surface area contributed by atoms with Gasteiger partial charge < -0.3 is 19.7 Å². The Bertz CT molecular complexity index is 511. The van der Waals surface area contributed by atoms with Crippen LogP contribution in [0, 0.1) is 0 Å². The van der Waals surface area contributed by atoms with Crippen molar-refractivity contribution in [1.82, 2.24) is 10.2 Å². The molecule has 0 aliphatic carbocycles. The number of nitrogens with zero attached hydrogens (tertiary/aromatic N) is 1. The van der Waals surface area contributed by atoms with Crippen molar-refractivity contribution in [3.63, 3.8) is 0 Å². The Morgan fingerprint density at radius 1 is 1.14 bits per heavy atom. The number of hydrogen-bond acceptors (Lipinski definition) is 5. The van der Waals surface area contributed by atoms with Gasteiger partial charge in [0.15, 0.2) is 6.61 Å². The average molecular weight is 294 g/mol. The van der Waals surface area contributed by atoms with Crippen LogP contribution in [0.2, 0.25) is 0 Å². The van der Waals surface area contributed by atoms with Gasteiger partial charge in [-0.2, -0.15) is 0 Å². The number of rotatable bonds is 6. The number of carbonyl (C=O) groups excluding carboxylic acids is 3.